The first kappa shape index (κ1) is 26.0. The molecule has 1 rings (SSSR count). The average molecular weight is 500 g/mol. The van der Waals surface area contributed by atoms with E-state index in [1.807, 2.05) is 0 Å². The number of benzene rings is 1. The van der Waals surface area contributed by atoms with E-state index in [0.717, 1.165) is 44.6 Å². The molecule has 4 nitrogen and oxygen atoms in total. The van der Waals surface area contributed by atoms with Crippen LogP contribution in [0.5, 0.6) is 0 Å². The molecule has 1 aromatic rings. The average Bonchev–Trinajstić information content (AvgIpc) is 2.61. The van der Waals surface area contributed by atoms with E-state index >= 15 is 0 Å². The van der Waals surface area contributed by atoms with Crippen molar-refractivity contribution in [3.8, 4) is 0 Å². The van der Waals surface area contributed by atoms with Crippen LogP contribution in [0.2, 0.25) is 0 Å². The van der Waals surface area contributed by atoms with Gasteiger partial charge in [-0.25, -0.2) is 0 Å². The highest BCUT2D eigenvalue weighted by molar-refractivity contribution is 14.0. The van der Waals surface area contributed by atoms with Crippen LogP contribution in [-0.4, -0.2) is 43.6 Å². The van der Waals surface area contributed by atoms with Gasteiger partial charge in [-0.2, -0.15) is 13.2 Å². The van der Waals surface area contributed by atoms with Gasteiger partial charge >= 0.3 is 6.18 Å². The molecule has 0 aliphatic carbocycles. The van der Waals surface area contributed by atoms with Crippen molar-refractivity contribution < 1.29 is 13.2 Å². The van der Waals surface area contributed by atoms with E-state index in [1.165, 1.54) is 6.07 Å². The van der Waals surface area contributed by atoms with E-state index in [9.17, 15) is 13.2 Å². The Labute approximate surface area is 178 Å². The topological polar surface area (TPSA) is 39.7 Å². The summed E-state index contributed by atoms with van der Waals surface area (Å²) in [6, 6.07) is 5.57. The third-order valence-corrected chi connectivity index (χ3v) is 4.33. The molecule has 0 saturated heterocycles. The minimum Gasteiger partial charge on any atom is -0.354 e. The summed E-state index contributed by atoms with van der Waals surface area (Å²) >= 11 is 0. The molecule has 1 atom stereocenters. The fraction of sp³-hybridized carbons (Fsp3) is 0.632. The predicted molar refractivity (Wildman–Crippen MR) is 117 cm³/mol. The number of nitrogens with zero attached hydrogens (tertiary/aromatic N) is 2. The number of halogens is 4. The minimum atomic E-state index is -4.32. The summed E-state index contributed by atoms with van der Waals surface area (Å²) in [7, 11) is 1.66. The molecule has 0 bridgehead atoms. The van der Waals surface area contributed by atoms with Crippen molar-refractivity contribution in [2.24, 2.45) is 4.99 Å². The summed E-state index contributed by atoms with van der Waals surface area (Å²) < 4.78 is 38.3. The van der Waals surface area contributed by atoms with Gasteiger partial charge in [-0.3, -0.25) is 4.99 Å². The van der Waals surface area contributed by atoms with Crippen LogP contribution in [0.1, 0.15) is 44.7 Å². The lowest BCUT2D eigenvalue weighted by Crippen LogP contribution is -2.42. The van der Waals surface area contributed by atoms with Crippen molar-refractivity contribution in [3.63, 3.8) is 0 Å². The van der Waals surface area contributed by atoms with Gasteiger partial charge < -0.3 is 15.5 Å². The van der Waals surface area contributed by atoms with Gasteiger partial charge in [0.25, 0.3) is 0 Å². The molecule has 0 aromatic heterocycles. The second-order valence-electron chi connectivity index (χ2n) is 6.34. The van der Waals surface area contributed by atoms with E-state index in [-0.39, 0.29) is 36.6 Å². The molecule has 0 amide bonds. The van der Waals surface area contributed by atoms with Gasteiger partial charge in [-0.1, -0.05) is 26.0 Å². The van der Waals surface area contributed by atoms with Crippen molar-refractivity contribution in [2.45, 2.75) is 52.4 Å². The molecule has 0 heterocycles. The van der Waals surface area contributed by atoms with E-state index in [4.69, 9.17) is 0 Å². The van der Waals surface area contributed by atoms with Crippen molar-refractivity contribution in [3.05, 3.63) is 35.4 Å². The number of aliphatic imine (C=N–C) groups is 1. The number of nitrogens with one attached hydrogen (secondary N) is 2. The molecule has 0 saturated carbocycles. The molecule has 1 aromatic carbocycles. The zero-order chi connectivity index (χ0) is 19.6. The van der Waals surface area contributed by atoms with Gasteiger partial charge in [0.05, 0.1) is 5.56 Å². The fourth-order valence-electron chi connectivity index (χ4n) is 2.70. The molecule has 27 heavy (non-hydrogen) atoms. The normalized spacial score (nSPS) is 13.3. The molecule has 0 radical (unpaired) electrons. The van der Waals surface area contributed by atoms with Crippen LogP contribution in [-0.2, 0) is 12.7 Å². The summed E-state index contributed by atoms with van der Waals surface area (Å²) in [6.07, 6.45) is -2.24. The van der Waals surface area contributed by atoms with Gasteiger partial charge in [0.1, 0.15) is 0 Å². The van der Waals surface area contributed by atoms with Crippen LogP contribution in [0.15, 0.2) is 29.3 Å². The number of hydrogen-bond acceptors (Lipinski definition) is 2. The Balaban J connectivity index is 0.00000676. The first-order chi connectivity index (χ1) is 12.3. The molecule has 0 aliphatic rings. The van der Waals surface area contributed by atoms with E-state index in [0.29, 0.717) is 11.5 Å². The molecular weight excluding hydrogens is 468 g/mol. The maximum atomic E-state index is 12.8. The number of rotatable bonds is 9. The Hall–Kier alpha value is -1.03. The lowest BCUT2D eigenvalue weighted by atomic mass is 10.1. The molecule has 8 heteroatoms. The summed E-state index contributed by atoms with van der Waals surface area (Å²) in [4.78, 5) is 6.53. The maximum Gasteiger partial charge on any atom is 0.416 e. The van der Waals surface area contributed by atoms with Crippen molar-refractivity contribution in [1.82, 2.24) is 15.5 Å². The van der Waals surface area contributed by atoms with Gasteiger partial charge in [0.15, 0.2) is 5.96 Å². The molecular formula is C19H32F3IN4. The van der Waals surface area contributed by atoms with Crippen molar-refractivity contribution >= 4 is 29.9 Å². The molecule has 0 fully saturated rings. The molecule has 1 unspecified atom stereocenters. The molecule has 2 N–H and O–H groups in total. The third kappa shape index (κ3) is 10.2. The lowest BCUT2D eigenvalue weighted by Gasteiger charge is -2.21. The summed E-state index contributed by atoms with van der Waals surface area (Å²) in [6.45, 7) is 9.86. The van der Waals surface area contributed by atoms with Crippen LogP contribution in [0, 0.1) is 0 Å². The highest BCUT2D eigenvalue weighted by Gasteiger charge is 2.30. The Kier molecular flexibility index (Phi) is 12.7. The van der Waals surface area contributed by atoms with E-state index in [1.54, 1.807) is 13.1 Å². The Bertz CT molecular complexity index is 560. The maximum absolute atomic E-state index is 12.8. The second-order valence-corrected chi connectivity index (χ2v) is 6.34. The van der Waals surface area contributed by atoms with Crippen LogP contribution < -0.4 is 10.6 Å². The first-order valence-electron chi connectivity index (χ1n) is 9.15. The van der Waals surface area contributed by atoms with Gasteiger partial charge in [-0.15, -0.1) is 24.0 Å². The number of alkyl halides is 3. The minimum absolute atomic E-state index is 0. The van der Waals surface area contributed by atoms with Crippen molar-refractivity contribution in [1.29, 1.82) is 0 Å². The Morgan fingerprint density at radius 2 is 1.89 bits per heavy atom. The summed E-state index contributed by atoms with van der Waals surface area (Å²) in [5.74, 6) is 0.595. The predicted octanol–water partition coefficient (Wildman–Crippen LogP) is 4.50. The molecule has 0 spiro atoms. The standard InChI is InChI=1S/C19H31F3N4.HI/c1-5-26(6-2)12-8-9-15(3)25-18(23-4)24-14-16-10-7-11-17(13-16)19(20,21)22;/h7,10-11,13,15H,5-6,8-9,12,14H2,1-4H3,(H2,23,24,25);1H. The summed E-state index contributed by atoms with van der Waals surface area (Å²) in [5.41, 5.74) is -0.0681. The fourth-order valence-corrected chi connectivity index (χ4v) is 2.70. The second kappa shape index (κ2) is 13.2. The zero-order valence-electron chi connectivity index (χ0n) is 16.6. The Morgan fingerprint density at radius 1 is 1.22 bits per heavy atom. The van der Waals surface area contributed by atoms with Gasteiger partial charge in [-0.05, 0) is 57.1 Å². The van der Waals surface area contributed by atoms with Crippen LogP contribution in [0.4, 0.5) is 13.2 Å². The van der Waals surface area contributed by atoms with Crippen LogP contribution in [0.3, 0.4) is 0 Å². The first-order valence-corrected chi connectivity index (χ1v) is 9.15. The lowest BCUT2D eigenvalue weighted by molar-refractivity contribution is -0.137. The summed E-state index contributed by atoms with van der Waals surface area (Å²) in [5, 5.41) is 6.37. The number of guanidine groups is 1. The van der Waals surface area contributed by atoms with Gasteiger partial charge in [0, 0.05) is 19.6 Å². The number of hydrogen-bond donors (Lipinski definition) is 2. The van der Waals surface area contributed by atoms with E-state index < -0.39 is 11.7 Å². The third-order valence-electron chi connectivity index (χ3n) is 4.33. The highest BCUT2D eigenvalue weighted by Crippen LogP contribution is 2.29. The monoisotopic (exact) mass is 500 g/mol. The van der Waals surface area contributed by atoms with E-state index in [2.05, 4.69) is 41.3 Å². The largest absolute Gasteiger partial charge is 0.416 e. The molecule has 156 valence electrons. The Morgan fingerprint density at radius 3 is 2.44 bits per heavy atom. The van der Waals surface area contributed by atoms with Crippen molar-refractivity contribution in [2.75, 3.05) is 26.7 Å². The smallest absolute Gasteiger partial charge is 0.354 e. The quantitative estimate of drug-likeness (QED) is 0.298. The SMILES string of the molecule is CCN(CC)CCCC(C)NC(=NC)NCc1cccc(C(F)(F)F)c1.I. The highest BCUT2D eigenvalue weighted by atomic mass is 127. The van der Waals surface area contributed by atoms with Crippen LogP contribution >= 0.6 is 24.0 Å². The zero-order valence-corrected chi connectivity index (χ0v) is 18.9. The van der Waals surface area contributed by atoms with Gasteiger partial charge in [0.2, 0.25) is 0 Å². The molecule has 0 aliphatic heterocycles. The van der Waals surface area contributed by atoms with Crippen LogP contribution in [0.25, 0.3) is 0 Å².